The number of aromatic nitrogens is 2. The first kappa shape index (κ1) is 22.6. The van der Waals surface area contributed by atoms with Gasteiger partial charge in [-0.05, 0) is 82.1 Å². The lowest BCUT2D eigenvalue weighted by Gasteiger charge is -2.21. The van der Waals surface area contributed by atoms with Crippen LogP contribution in [0, 0.1) is 0 Å². The highest BCUT2D eigenvalue weighted by atomic mass is 19.4. The minimum atomic E-state index is -4.40. The minimum Gasteiger partial charge on any atom is -0.347 e. The molecule has 0 saturated heterocycles. The van der Waals surface area contributed by atoms with Gasteiger partial charge in [0.1, 0.15) is 0 Å². The summed E-state index contributed by atoms with van der Waals surface area (Å²) in [6.07, 6.45) is -2.71. The monoisotopic (exact) mass is 429 g/mol. The van der Waals surface area contributed by atoms with Crippen molar-refractivity contribution >= 4 is 5.91 Å². The van der Waals surface area contributed by atoms with E-state index in [-0.39, 0.29) is 11.9 Å². The second-order valence-electron chi connectivity index (χ2n) is 8.83. The van der Waals surface area contributed by atoms with Crippen LogP contribution in [-0.2, 0) is 6.18 Å². The van der Waals surface area contributed by atoms with Gasteiger partial charge in [0.25, 0.3) is 5.91 Å². The smallest absolute Gasteiger partial charge is 0.347 e. The molecule has 0 aliphatic carbocycles. The lowest BCUT2D eigenvalue weighted by molar-refractivity contribution is -0.137. The Bertz CT molecular complexity index is 1070. The third-order valence-electron chi connectivity index (χ3n) is 4.68. The first-order valence-electron chi connectivity index (χ1n) is 10.0. The van der Waals surface area contributed by atoms with Crippen molar-refractivity contribution in [3.8, 4) is 22.4 Å². The summed E-state index contributed by atoms with van der Waals surface area (Å²) in [6, 6.07) is 12.3. The number of alkyl halides is 3. The molecule has 1 N–H and O–H groups in total. The molecule has 2 aromatic carbocycles. The van der Waals surface area contributed by atoms with Gasteiger partial charge in [-0.25, -0.2) is 0 Å². The van der Waals surface area contributed by atoms with Crippen LogP contribution in [0.15, 0.2) is 54.7 Å². The third-order valence-corrected chi connectivity index (χ3v) is 4.68. The van der Waals surface area contributed by atoms with E-state index >= 15 is 0 Å². The lowest BCUT2D eigenvalue weighted by atomic mass is 9.96. The Morgan fingerprint density at radius 3 is 2.10 bits per heavy atom. The Morgan fingerprint density at radius 2 is 1.55 bits per heavy atom. The van der Waals surface area contributed by atoms with Crippen molar-refractivity contribution in [3.05, 3.63) is 65.9 Å². The van der Waals surface area contributed by atoms with Gasteiger partial charge < -0.3 is 5.32 Å². The van der Waals surface area contributed by atoms with E-state index in [9.17, 15) is 18.0 Å². The number of hydrogen-bond acceptors (Lipinski definition) is 2. The average molecular weight is 429 g/mol. The van der Waals surface area contributed by atoms with Gasteiger partial charge in [-0.2, -0.15) is 18.3 Å². The molecule has 3 rings (SSSR count). The van der Waals surface area contributed by atoms with Gasteiger partial charge in [-0.1, -0.05) is 12.1 Å². The SMILES string of the molecule is CC(C)n1nccc1-c1cc(C(=O)NC(C)(C)C)cc(-c2ccc(C(F)(F)F)cc2)c1. The predicted molar refractivity (Wildman–Crippen MR) is 116 cm³/mol. The van der Waals surface area contributed by atoms with E-state index in [1.54, 1.807) is 18.3 Å². The van der Waals surface area contributed by atoms with Gasteiger partial charge in [0.15, 0.2) is 0 Å². The maximum Gasteiger partial charge on any atom is 0.416 e. The Labute approximate surface area is 180 Å². The van der Waals surface area contributed by atoms with Crippen molar-refractivity contribution < 1.29 is 18.0 Å². The van der Waals surface area contributed by atoms with E-state index in [1.165, 1.54) is 12.1 Å². The van der Waals surface area contributed by atoms with Gasteiger partial charge in [-0.3, -0.25) is 9.48 Å². The minimum absolute atomic E-state index is 0.103. The maximum atomic E-state index is 13.0. The summed E-state index contributed by atoms with van der Waals surface area (Å²) in [7, 11) is 0. The summed E-state index contributed by atoms with van der Waals surface area (Å²) >= 11 is 0. The molecule has 3 aromatic rings. The molecule has 4 nitrogen and oxygen atoms in total. The zero-order valence-electron chi connectivity index (χ0n) is 18.2. The molecule has 0 fully saturated rings. The van der Waals surface area contributed by atoms with Gasteiger partial charge >= 0.3 is 6.18 Å². The fraction of sp³-hybridized carbons (Fsp3) is 0.333. The van der Waals surface area contributed by atoms with Crippen LogP contribution in [0.25, 0.3) is 22.4 Å². The Balaban J connectivity index is 2.13. The first-order valence-corrected chi connectivity index (χ1v) is 10.0. The van der Waals surface area contributed by atoms with Gasteiger partial charge in [-0.15, -0.1) is 0 Å². The number of carbonyl (C=O) groups excluding carboxylic acids is 1. The molecule has 1 heterocycles. The molecule has 0 bridgehead atoms. The highest BCUT2D eigenvalue weighted by Gasteiger charge is 2.30. The first-order chi connectivity index (χ1) is 14.3. The van der Waals surface area contributed by atoms with Gasteiger partial charge in [0.05, 0.1) is 11.3 Å². The molecule has 164 valence electrons. The quantitative estimate of drug-likeness (QED) is 0.526. The highest BCUT2D eigenvalue weighted by molar-refractivity contribution is 5.97. The number of rotatable bonds is 4. The average Bonchev–Trinajstić information content (AvgIpc) is 3.16. The molecule has 1 amide bonds. The number of carbonyl (C=O) groups is 1. The summed E-state index contributed by atoms with van der Waals surface area (Å²) in [5.41, 5.74) is 2.13. The second kappa shape index (κ2) is 8.21. The van der Waals surface area contributed by atoms with Crippen LogP contribution in [0.5, 0.6) is 0 Å². The van der Waals surface area contributed by atoms with Crippen molar-refractivity contribution in [1.29, 1.82) is 0 Å². The number of nitrogens with one attached hydrogen (secondary N) is 1. The molecule has 7 heteroatoms. The molecule has 0 spiro atoms. The molecule has 0 unspecified atom stereocenters. The van der Waals surface area contributed by atoms with Crippen LogP contribution in [0.2, 0.25) is 0 Å². The summed E-state index contributed by atoms with van der Waals surface area (Å²) < 4.78 is 40.7. The topological polar surface area (TPSA) is 46.9 Å². The fourth-order valence-electron chi connectivity index (χ4n) is 3.29. The Morgan fingerprint density at radius 1 is 0.935 bits per heavy atom. The summed E-state index contributed by atoms with van der Waals surface area (Å²) in [4.78, 5) is 12.9. The fourth-order valence-corrected chi connectivity index (χ4v) is 3.29. The molecule has 0 atom stereocenters. The van der Waals surface area contributed by atoms with E-state index in [0.717, 1.165) is 23.4 Å². The van der Waals surface area contributed by atoms with Gasteiger partial charge in [0, 0.05) is 28.9 Å². The van der Waals surface area contributed by atoms with Crippen molar-refractivity contribution in [2.75, 3.05) is 0 Å². The number of hydrogen-bond donors (Lipinski definition) is 1. The van der Waals surface area contributed by atoms with E-state index in [2.05, 4.69) is 10.4 Å². The zero-order chi connectivity index (χ0) is 23.0. The largest absolute Gasteiger partial charge is 0.416 e. The molecule has 0 saturated carbocycles. The van der Waals surface area contributed by atoms with Crippen molar-refractivity contribution in [2.45, 2.75) is 52.4 Å². The zero-order valence-corrected chi connectivity index (χ0v) is 18.2. The number of halogens is 3. The number of amides is 1. The van der Waals surface area contributed by atoms with E-state index < -0.39 is 17.3 Å². The molecular weight excluding hydrogens is 403 g/mol. The van der Waals surface area contributed by atoms with Crippen LogP contribution in [0.3, 0.4) is 0 Å². The third kappa shape index (κ3) is 5.34. The van der Waals surface area contributed by atoms with Crippen LogP contribution in [0.4, 0.5) is 13.2 Å². The molecule has 0 aliphatic rings. The molecule has 1 aromatic heterocycles. The van der Waals surface area contributed by atoms with Crippen molar-refractivity contribution in [2.24, 2.45) is 0 Å². The van der Waals surface area contributed by atoms with Crippen LogP contribution >= 0.6 is 0 Å². The van der Waals surface area contributed by atoms with Gasteiger partial charge in [0.2, 0.25) is 0 Å². The summed E-state index contributed by atoms with van der Waals surface area (Å²) in [5.74, 6) is -0.252. The molecule has 31 heavy (non-hydrogen) atoms. The molecule has 0 aliphatic heterocycles. The molecule has 0 radical (unpaired) electrons. The van der Waals surface area contributed by atoms with Crippen molar-refractivity contribution in [1.82, 2.24) is 15.1 Å². The normalized spacial score (nSPS) is 12.3. The highest BCUT2D eigenvalue weighted by Crippen LogP contribution is 2.33. The Hall–Kier alpha value is -3.09. The summed E-state index contributed by atoms with van der Waals surface area (Å²) in [6.45, 7) is 9.67. The van der Waals surface area contributed by atoms with E-state index in [0.29, 0.717) is 16.7 Å². The summed E-state index contributed by atoms with van der Waals surface area (Å²) in [5, 5.41) is 7.30. The standard InChI is InChI=1S/C24H26F3N3O/c1-15(2)30-21(10-11-28-30)18-12-17(13-19(14-18)22(31)29-23(3,4)5)16-6-8-20(9-7-16)24(25,26)27/h6-15H,1-5H3,(H,29,31). The van der Waals surface area contributed by atoms with E-state index in [4.69, 9.17) is 0 Å². The molecular formula is C24H26F3N3O. The predicted octanol–water partition coefficient (Wildman–Crippen LogP) is 6.35. The number of benzene rings is 2. The van der Waals surface area contributed by atoms with E-state index in [1.807, 2.05) is 51.4 Å². The number of nitrogens with zero attached hydrogens (tertiary/aromatic N) is 2. The van der Waals surface area contributed by atoms with Crippen LogP contribution < -0.4 is 5.32 Å². The van der Waals surface area contributed by atoms with Crippen molar-refractivity contribution in [3.63, 3.8) is 0 Å². The van der Waals surface area contributed by atoms with Crippen LogP contribution in [-0.4, -0.2) is 21.2 Å². The second-order valence-corrected chi connectivity index (χ2v) is 8.83. The lowest BCUT2D eigenvalue weighted by Crippen LogP contribution is -2.40. The Kier molecular flexibility index (Phi) is 5.98. The van der Waals surface area contributed by atoms with Crippen LogP contribution in [0.1, 0.15) is 56.6 Å². The maximum absolute atomic E-state index is 13.0.